The number of halogens is 1. The summed E-state index contributed by atoms with van der Waals surface area (Å²) in [5.74, 6) is 3.22. The lowest BCUT2D eigenvalue weighted by atomic mass is 9.84. The zero-order chi connectivity index (χ0) is 11.4. The summed E-state index contributed by atoms with van der Waals surface area (Å²) < 4.78 is 1.17. The van der Waals surface area contributed by atoms with Crippen molar-refractivity contribution in [3.8, 4) is 0 Å². The molecule has 88 valence electrons. The third-order valence-electron chi connectivity index (χ3n) is 3.43. The van der Waals surface area contributed by atoms with Gasteiger partial charge in [-0.3, -0.25) is 0 Å². The van der Waals surface area contributed by atoms with Crippen molar-refractivity contribution in [1.82, 2.24) is 0 Å². The van der Waals surface area contributed by atoms with Crippen molar-refractivity contribution in [2.45, 2.75) is 37.5 Å². The number of rotatable bonds is 3. The van der Waals surface area contributed by atoms with Gasteiger partial charge in [0.1, 0.15) is 0 Å². The lowest BCUT2D eigenvalue weighted by Gasteiger charge is -2.25. The molecule has 16 heavy (non-hydrogen) atoms. The lowest BCUT2D eigenvalue weighted by Crippen LogP contribution is -2.14. The first-order valence-electron chi connectivity index (χ1n) is 6.12. The molecule has 2 rings (SSSR count). The summed E-state index contributed by atoms with van der Waals surface area (Å²) in [6, 6.07) is 8.68. The molecule has 0 amide bonds. The Kier molecular flexibility index (Phi) is 4.78. The predicted molar refractivity (Wildman–Crippen MR) is 76.0 cm³/mol. The van der Waals surface area contributed by atoms with Crippen LogP contribution in [-0.4, -0.2) is 5.75 Å². The van der Waals surface area contributed by atoms with E-state index in [9.17, 15) is 0 Å². The normalized spacial score (nSPS) is 25.6. The molecule has 0 N–H and O–H groups in total. The molecule has 0 saturated heterocycles. The van der Waals surface area contributed by atoms with Crippen molar-refractivity contribution >= 4 is 27.7 Å². The van der Waals surface area contributed by atoms with Crippen LogP contribution in [0.5, 0.6) is 0 Å². The van der Waals surface area contributed by atoms with Gasteiger partial charge in [0.25, 0.3) is 0 Å². The fraction of sp³-hybridized carbons (Fsp3) is 0.571. The Labute approximate surface area is 111 Å². The van der Waals surface area contributed by atoms with Crippen LogP contribution >= 0.6 is 27.7 Å². The van der Waals surface area contributed by atoms with Crippen LogP contribution in [0.2, 0.25) is 0 Å². The quantitative estimate of drug-likeness (QED) is 0.676. The number of benzene rings is 1. The molecule has 2 heteroatoms. The van der Waals surface area contributed by atoms with Crippen LogP contribution in [0.15, 0.2) is 33.6 Å². The van der Waals surface area contributed by atoms with Crippen LogP contribution in [0.3, 0.4) is 0 Å². The first-order valence-corrected chi connectivity index (χ1v) is 7.90. The topological polar surface area (TPSA) is 0 Å². The van der Waals surface area contributed by atoms with Gasteiger partial charge in [0, 0.05) is 15.1 Å². The van der Waals surface area contributed by atoms with E-state index in [0.717, 1.165) is 11.8 Å². The maximum atomic E-state index is 3.47. The molecule has 1 aliphatic rings. The summed E-state index contributed by atoms with van der Waals surface area (Å²) in [6.07, 6.45) is 5.74. The third kappa shape index (κ3) is 3.81. The van der Waals surface area contributed by atoms with Gasteiger partial charge in [0.15, 0.2) is 0 Å². The molecule has 0 spiro atoms. The maximum Gasteiger partial charge on any atom is 0.0176 e. The summed E-state index contributed by atoms with van der Waals surface area (Å²) >= 11 is 5.49. The van der Waals surface area contributed by atoms with Crippen molar-refractivity contribution in [1.29, 1.82) is 0 Å². The van der Waals surface area contributed by atoms with Gasteiger partial charge in [-0.1, -0.05) is 35.7 Å². The van der Waals surface area contributed by atoms with E-state index in [2.05, 4.69) is 47.1 Å². The van der Waals surface area contributed by atoms with Gasteiger partial charge in [-0.2, -0.15) is 0 Å². The highest BCUT2D eigenvalue weighted by molar-refractivity contribution is 9.10. The van der Waals surface area contributed by atoms with Crippen LogP contribution in [0.25, 0.3) is 0 Å². The Bertz CT molecular complexity index is 312. The zero-order valence-corrected chi connectivity index (χ0v) is 12.2. The number of hydrogen-bond donors (Lipinski definition) is 0. The molecule has 1 aliphatic carbocycles. The van der Waals surface area contributed by atoms with Gasteiger partial charge < -0.3 is 0 Å². The highest BCUT2D eigenvalue weighted by Gasteiger charge is 2.17. The Morgan fingerprint density at radius 2 is 1.75 bits per heavy atom. The number of hydrogen-bond acceptors (Lipinski definition) is 1. The molecule has 0 nitrogen and oxygen atoms in total. The van der Waals surface area contributed by atoms with Gasteiger partial charge in [-0.15, -0.1) is 11.8 Å². The van der Waals surface area contributed by atoms with Gasteiger partial charge >= 0.3 is 0 Å². The standard InChI is InChI=1S/C14H19BrS/c1-11-2-4-12(5-3-11)10-16-14-8-6-13(15)7-9-14/h6-9,11-12H,2-5,10H2,1H3. The first-order chi connectivity index (χ1) is 7.74. The molecule has 1 fully saturated rings. The maximum absolute atomic E-state index is 3.47. The van der Waals surface area contributed by atoms with E-state index in [1.165, 1.54) is 40.8 Å². The van der Waals surface area contributed by atoms with E-state index in [-0.39, 0.29) is 0 Å². The summed E-state index contributed by atoms with van der Waals surface area (Å²) in [4.78, 5) is 1.40. The van der Waals surface area contributed by atoms with Crippen molar-refractivity contribution < 1.29 is 0 Å². The van der Waals surface area contributed by atoms with E-state index < -0.39 is 0 Å². The second-order valence-corrected chi connectivity index (χ2v) is 6.90. The van der Waals surface area contributed by atoms with Crippen molar-refractivity contribution in [2.75, 3.05) is 5.75 Å². The van der Waals surface area contributed by atoms with Gasteiger partial charge in [0.05, 0.1) is 0 Å². The smallest absolute Gasteiger partial charge is 0.0176 e. The van der Waals surface area contributed by atoms with Crippen LogP contribution in [0.1, 0.15) is 32.6 Å². The van der Waals surface area contributed by atoms with Gasteiger partial charge in [-0.05, 0) is 48.9 Å². The summed E-state index contributed by atoms with van der Waals surface area (Å²) in [7, 11) is 0. The van der Waals surface area contributed by atoms with E-state index in [1.54, 1.807) is 0 Å². The Morgan fingerprint density at radius 1 is 1.12 bits per heavy atom. The molecular formula is C14H19BrS. The molecule has 0 aliphatic heterocycles. The second kappa shape index (κ2) is 6.11. The minimum atomic E-state index is 0.949. The van der Waals surface area contributed by atoms with Gasteiger partial charge in [-0.25, -0.2) is 0 Å². The zero-order valence-electron chi connectivity index (χ0n) is 9.79. The molecule has 0 bridgehead atoms. The second-order valence-electron chi connectivity index (χ2n) is 4.89. The fourth-order valence-electron chi connectivity index (χ4n) is 2.24. The largest absolute Gasteiger partial charge is 0.126 e. The minimum Gasteiger partial charge on any atom is -0.126 e. The molecular weight excluding hydrogens is 280 g/mol. The average Bonchev–Trinajstić information content (AvgIpc) is 2.30. The molecule has 0 atom stereocenters. The summed E-state index contributed by atoms with van der Waals surface area (Å²) in [5, 5.41) is 0. The molecule has 0 heterocycles. The average molecular weight is 299 g/mol. The molecule has 0 unspecified atom stereocenters. The summed E-state index contributed by atoms with van der Waals surface area (Å²) in [5.41, 5.74) is 0. The Hall–Kier alpha value is 0.0500. The summed E-state index contributed by atoms with van der Waals surface area (Å²) in [6.45, 7) is 2.39. The molecule has 0 radical (unpaired) electrons. The van der Waals surface area contributed by atoms with Crippen molar-refractivity contribution in [3.05, 3.63) is 28.7 Å². The van der Waals surface area contributed by atoms with Crippen LogP contribution in [-0.2, 0) is 0 Å². The molecule has 1 aromatic rings. The SMILES string of the molecule is CC1CCC(CSc2ccc(Br)cc2)CC1. The molecule has 1 saturated carbocycles. The monoisotopic (exact) mass is 298 g/mol. The third-order valence-corrected chi connectivity index (χ3v) is 5.21. The predicted octanol–water partition coefficient (Wildman–Crippen LogP) is 5.37. The molecule has 0 aromatic heterocycles. The van der Waals surface area contributed by atoms with Crippen LogP contribution < -0.4 is 0 Å². The molecule has 1 aromatic carbocycles. The van der Waals surface area contributed by atoms with Crippen LogP contribution in [0.4, 0.5) is 0 Å². The Morgan fingerprint density at radius 3 is 2.38 bits per heavy atom. The van der Waals surface area contributed by atoms with E-state index >= 15 is 0 Å². The van der Waals surface area contributed by atoms with E-state index in [4.69, 9.17) is 0 Å². The Balaban J connectivity index is 1.77. The minimum absolute atomic E-state index is 0.949. The lowest BCUT2D eigenvalue weighted by molar-refractivity contribution is 0.311. The highest BCUT2D eigenvalue weighted by atomic mass is 79.9. The number of thioether (sulfide) groups is 1. The van der Waals surface area contributed by atoms with Crippen molar-refractivity contribution in [3.63, 3.8) is 0 Å². The van der Waals surface area contributed by atoms with Crippen LogP contribution in [0, 0.1) is 11.8 Å². The van der Waals surface area contributed by atoms with Gasteiger partial charge in [0.2, 0.25) is 0 Å². The van der Waals surface area contributed by atoms with E-state index in [0.29, 0.717) is 0 Å². The van der Waals surface area contributed by atoms with E-state index in [1.807, 2.05) is 11.8 Å². The fourth-order valence-corrected chi connectivity index (χ4v) is 3.60. The first kappa shape index (κ1) is 12.5. The van der Waals surface area contributed by atoms with Crippen molar-refractivity contribution in [2.24, 2.45) is 11.8 Å². The highest BCUT2D eigenvalue weighted by Crippen LogP contribution is 2.32.